The van der Waals surface area contributed by atoms with Gasteiger partial charge in [-0.2, -0.15) is 8.78 Å². The molecule has 0 fully saturated rings. The zero-order chi connectivity index (χ0) is 22.6. The van der Waals surface area contributed by atoms with E-state index in [9.17, 15) is 8.78 Å². The smallest absolute Gasteiger partial charge is 0.394 e. The number of benzene rings is 2. The summed E-state index contributed by atoms with van der Waals surface area (Å²) in [6, 6.07) is 14.6. The molecule has 4 aromatic rings. The average molecular weight is 448 g/mol. The topological polar surface area (TPSA) is 79.3 Å². The normalized spacial score (nSPS) is 16.8. The van der Waals surface area contributed by atoms with Crippen molar-refractivity contribution >= 4 is 5.90 Å². The lowest BCUT2D eigenvalue weighted by Crippen LogP contribution is -2.19. The van der Waals surface area contributed by atoms with E-state index in [1.165, 1.54) is 12.1 Å². The Labute approximate surface area is 187 Å². The van der Waals surface area contributed by atoms with Crippen LogP contribution in [-0.4, -0.2) is 43.2 Å². The molecule has 1 atom stereocenters. The first-order valence-electron chi connectivity index (χ1n) is 10.4. The molecule has 0 saturated heterocycles. The third kappa shape index (κ3) is 3.43. The molecule has 0 aliphatic carbocycles. The van der Waals surface area contributed by atoms with Crippen molar-refractivity contribution in [2.24, 2.45) is 4.99 Å². The van der Waals surface area contributed by atoms with E-state index < -0.39 is 6.11 Å². The van der Waals surface area contributed by atoms with Crippen molar-refractivity contribution in [1.29, 1.82) is 0 Å². The van der Waals surface area contributed by atoms with Crippen LogP contribution >= 0.6 is 0 Å². The second-order valence-electron chi connectivity index (χ2n) is 7.96. The number of fused-ring (bicyclic) bond motifs is 5. The SMILES string of the molecule is CC(F)(F)Oc1ccc2c(c1)-n1nncc1Cc1c(C3=N[C@H](c4ccccc4)CO3)ncn1-2. The first-order valence-corrected chi connectivity index (χ1v) is 10.4. The second-order valence-corrected chi connectivity index (χ2v) is 7.96. The van der Waals surface area contributed by atoms with Crippen LogP contribution < -0.4 is 4.74 Å². The van der Waals surface area contributed by atoms with E-state index in [2.05, 4.69) is 15.3 Å². The van der Waals surface area contributed by atoms with Crippen molar-refractivity contribution in [3.05, 3.63) is 83.7 Å². The number of aromatic nitrogens is 5. The molecule has 0 amide bonds. The lowest BCUT2D eigenvalue weighted by molar-refractivity contribution is -0.158. The van der Waals surface area contributed by atoms with Gasteiger partial charge in [0.15, 0.2) is 0 Å². The minimum atomic E-state index is -3.30. The van der Waals surface area contributed by atoms with Crippen molar-refractivity contribution < 1.29 is 18.3 Å². The average Bonchev–Trinajstić information content (AvgIpc) is 3.52. The van der Waals surface area contributed by atoms with Gasteiger partial charge in [-0.05, 0) is 17.7 Å². The molecule has 2 aliphatic heterocycles. The number of alkyl halides is 2. The Balaban J connectivity index is 1.44. The van der Waals surface area contributed by atoms with E-state index in [1.807, 2.05) is 34.9 Å². The maximum Gasteiger partial charge on any atom is 0.394 e. The summed E-state index contributed by atoms with van der Waals surface area (Å²) in [6.45, 7) is 1.14. The van der Waals surface area contributed by atoms with Crippen molar-refractivity contribution in [3.63, 3.8) is 0 Å². The summed E-state index contributed by atoms with van der Waals surface area (Å²) >= 11 is 0. The molecular formula is C23H18F2N6O2. The molecule has 2 aromatic carbocycles. The molecule has 0 spiro atoms. The van der Waals surface area contributed by atoms with E-state index in [4.69, 9.17) is 14.5 Å². The molecule has 8 nitrogen and oxygen atoms in total. The number of rotatable bonds is 4. The van der Waals surface area contributed by atoms with Crippen LogP contribution in [0.1, 0.15) is 35.6 Å². The number of hydrogen-bond acceptors (Lipinski definition) is 6. The zero-order valence-electron chi connectivity index (χ0n) is 17.5. The van der Waals surface area contributed by atoms with Crippen LogP contribution in [0.2, 0.25) is 0 Å². The molecule has 0 N–H and O–H groups in total. The van der Waals surface area contributed by atoms with Gasteiger partial charge in [0.2, 0.25) is 5.90 Å². The Bertz CT molecular complexity index is 1370. The van der Waals surface area contributed by atoms with Gasteiger partial charge in [-0.25, -0.2) is 14.7 Å². The van der Waals surface area contributed by atoms with E-state index in [-0.39, 0.29) is 11.8 Å². The highest BCUT2D eigenvalue weighted by Crippen LogP contribution is 2.34. The van der Waals surface area contributed by atoms with Gasteiger partial charge in [-0.3, -0.25) is 4.57 Å². The van der Waals surface area contributed by atoms with Crippen LogP contribution in [-0.2, 0) is 11.2 Å². The highest BCUT2D eigenvalue weighted by Gasteiger charge is 2.30. The fraction of sp³-hybridized carbons (Fsp3) is 0.217. The molecule has 33 heavy (non-hydrogen) atoms. The Hall–Kier alpha value is -4.08. The van der Waals surface area contributed by atoms with Crippen LogP contribution in [0.5, 0.6) is 5.75 Å². The van der Waals surface area contributed by atoms with E-state index >= 15 is 0 Å². The Morgan fingerprint density at radius 1 is 1.12 bits per heavy atom. The first kappa shape index (κ1) is 19.6. The molecule has 166 valence electrons. The predicted octanol–water partition coefficient (Wildman–Crippen LogP) is 3.87. The monoisotopic (exact) mass is 448 g/mol. The Morgan fingerprint density at radius 3 is 2.79 bits per heavy atom. The third-order valence-corrected chi connectivity index (χ3v) is 5.60. The van der Waals surface area contributed by atoms with Crippen LogP contribution in [0.4, 0.5) is 8.78 Å². The summed E-state index contributed by atoms with van der Waals surface area (Å²) in [5.41, 5.74) is 4.59. The van der Waals surface area contributed by atoms with Gasteiger partial charge in [-0.15, -0.1) is 5.10 Å². The molecule has 2 aliphatic rings. The fourth-order valence-corrected chi connectivity index (χ4v) is 4.18. The van der Waals surface area contributed by atoms with Gasteiger partial charge >= 0.3 is 6.11 Å². The van der Waals surface area contributed by atoms with Gasteiger partial charge in [-0.1, -0.05) is 35.5 Å². The lowest BCUT2D eigenvalue weighted by Gasteiger charge is -2.16. The first-order chi connectivity index (χ1) is 16.0. The molecule has 2 aromatic heterocycles. The highest BCUT2D eigenvalue weighted by molar-refractivity contribution is 5.95. The molecule has 0 unspecified atom stereocenters. The summed E-state index contributed by atoms with van der Waals surface area (Å²) in [6.07, 6.45) is 0.475. The number of halogens is 2. The van der Waals surface area contributed by atoms with Crippen LogP contribution in [0, 0.1) is 0 Å². The standard InChI is InChI=1S/C23H18F2N6O2/c1-23(24,25)33-16-7-8-18-19(10-16)31-15(11-27-29-31)9-20-21(26-13-30(18)20)22-28-17(12-32-22)14-5-3-2-4-6-14/h2-8,10-11,13,17H,9,12H2,1H3/t17-/m0/s1. The number of ether oxygens (including phenoxy) is 2. The second kappa shape index (κ2) is 7.22. The predicted molar refractivity (Wildman–Crippen MR) is 114 cm³/mol. The molecule has 0 bridgehead atoms. The number of aliphatic imine (C=N–C) groups is 1. The summed E-state index contributed by atoms with van der Waals surface area (Å²) in [5, 5.41) is 8.18. The van der Waals surface area contributed by atoms with Crippen LogP contribution in [0.3, 0.4) is 0 Å². The summed E-state index contributed by atoms with van der Waals surface area (Å²) in [5.74, 6) is 0.506. The zero-order valence-corrected chi connectivity index (χ0v) is 17.5. The van der Waals surface area contributed by atoms with Crippen LogP contribution in [0.15, 0.2) is 66.0 Å². The summed E-state index contributed by atoms with van der Waals surface area (Å²) < 4.78 is 41.1. The van der Waals surface area contributed by atoms with Crippen molar-refractivity contribution in [1.82, 2.24) is 24.5 Å². The van der Waals surface area contributed by atoms with Crippen molar-refractivity contribution in [2.45, 2.75) is 25.5 Å². The largest absolute Gasteiger partial charge is 0.474 e. The van der Waals surface area contributed by atoms with Gasteiger partial charge in [0.05, 0.1) is 29.0 Å². The van der Waals surface area contributed by atoms with Gasteiger partial charge < -0.3 is 9.47 Å². The van der Waals surface area contributed by atoms with Crippen molar-refractivity contribution in [2.75, 3.05) is 6.61 Å². The number of hydrogen-bond donors (Lipinski definition) is 0. The van der Waals surface area contributed by atoms with Crippen molar-refractivity contribution in [3.8, 4) is 17.1 Å². The Morgan fingerprint density at radius 2 is 1.97 bits per heavy atom. The van der Waals surface area contributed by atoms with Gasteiger partial charge in [0, 0.05) is 19.4 Å². The summed E-state index contributed by atoms with van der Waals surface area (Å²) in [7, 11) is 0. The van der Waals surface area contributed by atoms with E-state index in [0.29, 0.717) is 42.9 Å². The lowest BCUT2D eigenvalue weighted by atomic mass is 10.1. The molecule has 0 saturated carbocycles. The third-order valence-electron chi connectivity index (χ3n) is 5.60. The van der Waals surface area contributed by atoms with E-state index in [1.54, 1.807) is 23.3 Å². The molecule has 6 rings (SSSR count). The maximum absolute atomic E-state index is 13.4. The molecular weight excluding hydrogens is 430 g/mol. The highest BCUT2D eigenvalue weighted by atomic mass is 19.3. The minimum Gasteiger partial charge on any atom is -0.474 e. The quantitative estimate of drug-likeness (QED) is 0.417. The summed E-state index contributed by atoms with van der Waals surface area (Å²) in [4.78, 5) is 9.36. The van der Waals surface area contributed by atoms with Gasteiger partial charge in [0.25, 0.3) is 0 Å². The molecule has 0 radical (unpaired) electrons. The minimum absolute atomic E-state index is 0.0284. The maximum atomic E-state index is 13.4. The number of nitrogens with zero attached hydrogens (tertiary/aromatic N) is 6. The van der Waals surface area contributed by atoms with Gasteiger partial charge in [0.1, 0.15) is 30.4 Å². The fourth-order valence-electron chi connectivity index (χ4n) is 4.18. The molecule has 4 heterocycles. The van der Waals surface area contributed by atoms with E-state index in [0.717, 1.165) is 17.0 Å². The Kier molecular flexibility index (Phi) is 4.29. The molecule has 10 heteroatoms. The van der Waals surface area contributed by atoms with Crippen LogP contribution in [0.25, 0.3) is 11.4 Å². The number of imidazole rings is 1.